The van der Waals surface area contributed by atoms with E-state index in [0.29, 0.717) is 0 Å². The van der Waals surface area contributed by atoms with Gasteiger partial charge in [0.15, 0.2) is 0 Å². The summed E-state index contributed by atoms with van der Waals surface area (Å²) in [4.78, 5) is 34.4. The number of anilines is 1. The summed E-state index contributed by atoms with van der Waals surface area (Å²) < 4.78 is 90.8. The highest BCUT2D eigenvalue weighted by Crippen LogP contribution is 2.31. The topological polar surface area (TPSA) is 167 Å². The van der Waals surface area contributed by atoms with Crippen molar-refractivity contribution >= 4 is 29.0 Å². The summed E-state index contributed by atoms with van der Waals surface area (Å²) >= 11 is 1.57. The Bertz CT molecular complexity index is 1500. The molecule has 0 aliphatic carbocycles. The number of hydrogen-bond acceptors (Lipinski definition) is 8. The zero-order chi connectivity index (χ0) is 33.9. The highest BCUT2D eigenvalue weighted by molar-refractivity contribution is 7.15. The highest BCUT2D eigenvalue weighted by Gasteiger charge is 2.38. The number of nitrogens with one attached hydrogen (secondary N) is 2. The van der Waals surface area contributed by atoms with Crippen LogP contribution < -0.4 is 21.6 Å². The van der Waals surface area contributed by atoms with Gasteiger partial charge in [0.1, 0.15) is 5.82 Å². The zero-order valence-corrected chi connectivity index (χ0v) is 23.7. The molecule has 6 N–H and O–H groups in total. The lowest BCUT2D eigenvalue weighted by molar-refractivity contribution is -0.193. The molecule has 0 radical (unpaired) electrons. The second-order valence-electron chi connectivity index (χ2n) is 8.94. The third-order valence-electron chi connectivity index (χ3n) is 5.80. The quantitative estimate of drug-likeness (QED) is 0.235. The molecule has 3 heterocycles. The molecule has 2 aromatic heterocycles. The van der Waals surface area contributed by atoms with Crippen molar-refractivity contribution in [2.45, 2.75) is 25.3 Å². The molecule has 20 heteroatoms. The number of hydrogen-bond donors (Lipinski definition) is 5. The normalized spacial score (nSPS) is 13.2. The van der Waals surface area contributed by atoms with E-state index >= 15 is 0 Å². The van der Waals surface area contributed by atoms with E-state index in [4.69, 9.17) is 25.5 Å². The predicted octanol–water partition coefficient (Wildman–Crippen LogP) is 3.68. The van der Waals surface area contributed by atoms with E-state index in [1.165, 1.54) is 10.3 Å². The number of carboxylic acid groups (broad SMARTS) is 2. The van der Waals surface area contributed by atoms with Gasteiger partial charge in [-0.2, -0.15) is 40.2 Å². The first kappa shape index (κ1) is 36.9. The van der Waals surface area contributed by atoms with Crippen LogP contribution in [-0.2, 0) is 22.6 Å². The maximum Gasteiger partial charge on any atom is 0.490 e. The van der Waals surface area contributed by atoms with Crippen molar-refractivity contribution in [3.63, 3.8) is 0 Å². The number of benzene rings is 1. The van der Waals surface area contributed by atoms with Crippen molar-refractivity contribution in [1.82, 2.24) is 20.1 Å². The molecule has 45 heavy (non-hydrogen) atoms. The third kappa shape index (κ3) is 11.6. The van der Waals surface area contributed by atoms with Crippen LogP contribution in [-0.4, -0.2) is 82.0 Å². The first-order valence-electron chi connectivity index (χ1n) is 12.6. The molecule has 1 aliphatic heterocycles. The Balaban J connectivity index is 0.000000421. The standard InChI is InChI=1S/C21H24F2N6OS.2C2HF3O2/c22-20(23)15(12-24)11-19-26-27-21(30)29(19)13-17-4-5-18(31-17)14-2-1-3-16(10-14)28-8-6-25-7-9-28;2*3-2(4,5)1(6)7/h1-5,10,25H,6-9,11-13,24H2,(H,27,30);2*(H,6,7). The number of nitrogens with zero attached hydrogens (tertiary/aromatic N) is 3. The minimum Gasteiger partial charge on any atom is -0.475 e. The van der Waals surface area contributed by atoms with Gasteiger partial charge in [-0.1, -0.05) is 12.1 Å². The van der Waals surface area contributed by atoms with Gasteiger partial charge in [0.05, 0.1) is 6.54 Å². The van der Waals surface area contributed by atoms with Crippen molar-refractivity contribution in [1.29, 1.82) is 0 Å². The molecule has 1 saturated heterocycles. The molecule has 0 amide bonds. The SMILES string of the molecule is NCC(Cc1n[nH]c(=O)n1Cc1ccc(-c2cccc(N3CCNCC3)c2)s1)=C(F)F.O=C(O)C(F)(F)F.O=C(O)C(F)(F)F. The number of carbonyl (C=O) groups is 2. The summed E-state index contributed by atoms with van der Waals surface area (Å²) in [5.74, 6) is -5.27. The van der Waals surface area contributed by atoms with Crippen molar-refractivity contribution in [2.75, 3.05) is 37.6 Å². The van der Waals surface area contributed by atoms with Gasteiger partial charge < -0.3 is 26.2 Å². The van der Waals surface area contributed by atoms with Crippen LogP contribution in [0, 0.1) is 0 Å². The summed E-state index contributed by atoms with van der Waals surface area (Å²) in [6.45, 7) is 3.88. The van der Waals surface area contributed by atoms with Crippen molar-refractivity contribution in [2.24, 2.45) is 5.73 Å². The van der Waals surface area contributed by atoms with Crippen LogP contribution in [0.2, 0.25) is 0 Å². The van der Waals surface area contributed by atoms with E-state index in [1.807, 2.05) is 12.1 Å². The molecule has 0 atom stereocenters. The zero-order valence-electron chi connectivity index (χ0n) is 22.9. The largest absolute Gasteiger partial charge is 0.490 e. The van der Waals surface area contributed by atoms with Crippen LogP contribution in [0.5, 0.6) is 0 Å². The number of aromatic amines is 1. The van der Waals surface area contributed by atoms with Gasteiger partial charge >= 0.3 is 30.0 Å². The number of alkyl halides is 6. The average molecular weight is 675 g/mol. The molecule has 3 aromatic rings. The monoisotopic (exact) mass is 674 g/mol. The molecular formula is C25H26F8N6O5S. The first-order valence-corrected chi connectivity index (χ1v) is 13.4. The van der Waals surface area contributed by atoms with Crippen LogP contribution in [0.4, 0.5) is 40.8 Å². The Hall–Kier alpha value is -4.30. The molecule has 1 aliphatic rings. The van der Waals surface area contributed by atoms with E-state index in [2.05, 4.69) is 44.7 Å². The Kier molecular flexibility index (Phi) is 13.2. The second kappa shape index (κ2) is 16.1. The Labute approximate surface area is 252 Å². The summed E-state index contributed by atoms with van der Waals surface area (Å²) in [6.07, 6.45) is -12.2. The molecule has 1 fully saturated rings. The minimum atomic E-state index is -5.08. The van der Waals surface area contributed by atoms with E-state index in [-0.39, 0.29) is 30.9 Å². The number of rotatable bonds is 7. The number of piperazine rings is 1. The van der Waals surface area contributed by atoms with E-state index < -0.39 is 36.1 Å². The molecule has 0 bridgehead atoms. The number of H-pyrrole nitrogens is 1. The molecule has 11 nitrogen and oxygen atoms in total. The van der Waals surface area contributed by atoms with Gasteiger partial charge in [-0.05, 0) is 29.8 Å². The van der Waals surface area contributed by atoms with E-state index in [0.717, 1.165) is 41.5 Å². The highest BCUT2D eigenvalue weighted by atomic mass is 32.1. The molecule has 0 saturated carbocycles. The Morgan fingerprint density at radius 2 is 1.56 bits per heavy atom. The minimum absolute atomic E-state index is 0.164. The van der Waals surface area contributed by atoms with Crippen molar-refractivity contribution in [3.8, 4) is 10.4 Å². The van der Waals surface area contributed by atoms with Crippen LogP contribution in [0.15, 0.2) is 52.8 Å². The lowest BCUT2D eigenvalue weighted by Gasteiger charge is -2.29. The number of carboxylic acids is 2. The number of aromatic nitrogens is 3. The van der Waals surface area contributed by atoms with Crippen LogP contribution in [0.25, 0.3) is 10.4 Å². The van der Waals surface area contributed by atoms with Gasteiger partial charge in [0.25, 0.3) is 6.08 Å². The average Bonchev–Trinajstić information content (AvgIpc) is 3.58. The van der Waals surface area contributed by atoms with Crippen LogP contribution in [0.3, 0.4) is 0 Å². The maximum atomic E-state index is 13.0. The summed E-state index contributed by atoms with van der Waals surface area (Å²) in [6, 6.07) is 12.4. The smallest absolute Gasteiger partial charge is 0.475 e. The number of thiophene rings is 1. The van der Waals surface area contributed by atoms with E-state index in [9.17, 15) is 39.9 Å². The molecule has 4 rings (SSSR count). The summed E-state index contributed by atoms with van der Waals surface area (Å²) in [7, 11) is 0. The van der Waals surface area contributed by atoms with Crippen molar-refractivity contribution < 1.29 is 54.9 Å². The van der Waals surface area contributed by atoms with Gasteiger partial charge in [0, 0.05) is 60.2 Å². The summed E-state index contributed by atoms with van der Waals surface area (Å²) in [5.41, 5.74) is 7.04. The fourth-order valence-electron chi connectivity index (χ4n) is 3.61. The van der Waals surface area contributed by atoms with Gasteiger partial charge in [0.2, 0.25) is 0 Å². The molecule has 248 valence electrons. The molecule has 1 aromatic carbocycles. The predicted molar refractivity (Wildman–Crippen MR) is 146 cm³/mol. The first-order chi connectivity index (χ1) is 20.9. The van der Waals surface area contributed by atoms with Crippen LogP contribution in [0.1, 0.15) is 10.7 Å². The molecular weight excluding hydrogens is 648 g/mol. The van der Waals surface area contributed by atoms with Gasteiger partial charge in [-0.15, -0.1) is 11.3 Å². The van der Waals surface area contributed by atoms with Crippen molar-refractivity contribution in [3.05, 3.63) is 69.2 Å². The third-order valence-corrected chi connectivity index (χ3v) is 6.91. The lowest BCUT2D eigenvalue weighted by Crippen LogP contribution is -2.43. The maximum absolute atomic E-state index is 13.0. The Morgan fingerprint density at radius 3 is 2.07 bits per heavy atom. The second-order valence-corrected chi connectivity index (χ2v) is 10.1. The number of halogens is 8. The van der Waals surface area contributed by atoms with Crippen LogP contribution >= 0.6 is 11.3 Å². The van der Waals surface area contributed by atoms with E-state index in [1.54, 1.807) is 11.3 Å². The number of aliphatic carboxylic acids is 2. The fourth-order valence-corrected chi connectivity index (χ4v) is 4.60. The molecule has 0 unspecified atom stereocenters. The Morgan fingerprint density at radius 1 is 0.978 bits per heavy atom. The van der Waals surface area contributed by atoms with Gasteiger partial charge in [-0.25, -0.2) is 19.5 Å². The lowest BCUT2D eigenvalue weighted by atomic mass is 10.1. The number of nitrogens with two attached hydrogens (primary N) is 1. The van der Waals surface area contributed by atoms with Gasteiger partial charge in [-0.3, -0.25) is 4.57 Å². The molecule has 0 spiro atoms. The fraction of sp³-hybridized carbons (Fsp3) is 0.360. The summed E-state index contributed by atoms with van der Waals surface area (Å²) in [5, 5.41) is 23.9.